The van der Waals surface area contributed by atoms with Gasteiger partial charge in [0, 0.05) is 43.9 Å². The van der Waals surface area contributed by atoms with Gasteiger partial charge in [0.2, 0.25) is 10.0 Å². The number of H-pyrrole nitrogens is 1. The molecule has 1 aliphatic carbocycles. The number of esters is 1. The smallest absolute Gasteiger partial charge is 0.387 e. The number of hydrogen-bond acceptors (Lipinski definition) is 9. The number of halogens is 4. The van der Waals surface area contributed by atoms with Gasteiger partial charge in [-0.3, -0.25) is 4.79 Å². The van der Waals surface area contributed by atoms with Crippen LogP contribution in [0.25, 0.3) is 0 Å². The number of nitrogens with one attached hydrogen (secondary N) is 1. The zero-order valence-electron chi connectivity index (χ0n) is 25.8. The van der Waals surface area contributed by atoms with Crippen molar-refractivity contribution in [3.05, 3.63) is 81.6 Å². The van der Waals surface area contributed by atoms with Crippen LogP contribution in [0.2, 0.25) is 10.0 Å². The highest BCUT2D eigenvalue weighted by Crippen LogP contribution is 2.39. The van der Waals surface area contributed by atoms with Gasteiger partial charge in [-0.05, 0) is 60.7 Å². The topological polar surface area (TPSA) is 147 Å². The van der Waals surface area contributed by atoms with E-state index < -0.39 is 34.1 Å². The molecule has 2 fully saturated rings. The summed E-state index contributed by atoms with van der Waals surface area (Å²) in [4.78, 5) is 30.2. The third-order valence-corrected chi connectivity index (χ3v) is 11.4. The molecule has 48 heavy (non-hydrogen) atoms. The van der Waals surface area contributed by atoms with Crippen molar-refractivity contribution in [3.8, 4) is 11.5 Å². The van der Waals surface area contributed by atoms with Crippen molar-refractivity contribution >= 4 is 56.9 Å². The Bertz CT molecular complexity index is 1710. The van der Waals surface area contributed by atoms with Crippen molar-refractivity contribution in [2.45, 2.75) is 42.2 Å². The molecule has 2 heterocycles. The van der Waals surface area contributed by atoms with Gasteiger partial charge in [0.05, 0.1) is 11.5 Å². The largest absolute Gasteiger partial charge is 0.870 e. The molecule has 2 N–H and O–H groups in total. The van der Waals surface area contributed by atoms with Crippen molar-refractivity contribution in [2.24, 2.45) is 5.92 Å². The van der Waals surface area contributed by atoms with Gasteiger partial charge >= 0.3 is 12.6 Å². The van der Waals surface area contributed by atoms with Crippen LogP contribution in [0.3, 0.4) is 0 Å². The Hall–Kier alpha value is -3.21. The molecule has 1 amide bonds. The molecule has 2 aliphatic rings. The number of sulfonamides is 1. The van der Waals surface area contributed by atoms with E-state index in [-0.39, 0.29) is 50.8 Å². The summed E-state index contributed by atoms with van der Waals surface area (Å²) in [5, 5.41) is -0.707. The molecule has 2 atom stereocenters. The second-order valence-corrected chi connectivity index (χ2v) is 15.1. The third kappa shape index (κ3) is 8.87. The Balaban J connectivity index is 0.00000520. The summed E-state index contributed by atoms with van der Waals surface area (Å²) >= 11 is 14.0. The minimum Gasteiger partial charge on any atom is -0.870 e. The van der Waals surface area contributed by atoms with Crippen molar-refractivity contribution in [1.29, 1.82) is 0 Å². The van der Waals surface area contributed by atoms with Crippen LogP contribution in [0.4, 0.5) is 8.78 Å². The van der Waals surface area contributed by atoms with Gasteiger partial charge in [-0.2, -0.15) is 13.1 Å². The Morgan fingerprint density at radius 3 is 2.33 bits per heavy atom. The first-order chi connectivity index (χ1) is 22.3. The minimum absolute atomic E-state index is 0. The number of pyridine rings is 1. The number of amides is 1. The predicted octanol–water partition coefficient (Wildman–Crippen LogP) is 5.31. The van der Waals surface area contributed by atoms with Crippen LogP contribution in [-0.2, 0) is 26.0 Å². The average molecular weight is 749 g/mol. The number of nitrogens with zero attached hydrogens (tertiary/aromatic N) is 2. The third-order valence-electron chi connectivity index (χ3n) is 7.54. The number of hydrogen-bond donors (Lipinski definition) is 0. The first-order valence-electron chi connectivity index (χ1n) is 14.6. The molecule has 260 valence electrons. The Morgan fingerprint density at radius 2 is 1.73 bits per heavy atom. The highest BCUT2D eigenvalue weighted by molar-refractivity contribution is 8.02. The summed E-state index contributed by atoms with van der Waals surface area (Å²) in [5.41, 5.74) is 1.11. The van der Waals surface area contributed by atoms with Gasteiger partial charge in [-0.25, -0.2) is 18.2 Å². The van der Waals surface area contributed by atoms with Gasteiger partial charge in [0.15, 0.2) is 29.3 Å². The van der Waals surface area contributed by atoms with Crippen LogP contribution in [0.5, 0.6) is 11.5 Å². The quantitative estimate of drug-likeness (QED) is 0.212. The SMILES string of the molecule is CN(C)C(=O)c1ccc(S(=O)(=O)N2CCSC2C(=O)O[C@@H](Cc2c(Cl)c[nH+]cc2Cl)c2ccc(OC(F)F)c(OCC3CC3)c2)cc1.[OH-]. The first-order valence-corrected chi connectivity index (χ1v) is 17.8. The number of carbonyl (C=O) groups excluding carboxylic acids is 2. The fraction of sp³-hybridized carbons (Fsp3) is 0.387. The molecule has 11 nitrogen and oxygen atoms in total. The predicted molar refractivity (Wildman–Crippen MR) is 173 cm³/mol. The van der Waals surface area contributed by atoms with Crippen LogP contribution in [0.1, 0.15) is 40.4 Å². The van der Waals surface area contributed by atoms with Crippen LogP contribution in [0.15, 0.2) is 59.8 Å². The van der Waals surface area contributed by atoms with E-state index in [2.05, 4.69) is 9.72 Å². The summed E-state index contributed by atoms with van der Waals surface area (Å²) < 4.78 is 71.3. The van der Waals surface area contributed by atoms with Gasteiger partial charge in [0.25, 0.3) is 5.91 Å². The maximum Gasteiger partial charge on any atom is 0.387 e. The second kappa shape index (κ2) is 16.0. The van der Waals surface area contributed by atoms with Gasteiger partial charge in [0.1, 0.15) is 16.1 Å². The normalized spacial score (nSPS) is 17.0. The maximum absolute atomic E-state index is 13.8. The van der Waals surface area contributed by atoms with Crippen LogP contribution >= 0.6 is 35.0 Å². The molecular weight excluding hydrogens is 715 g/mol. The lowest BCUT2D eigenvalue weighted by Gasteiger charge is -2.26. The lowest BCUT2D eigenvalue weighted by atomic mass is 10.0. The molecule has 1 unspecified atom stereocenters. The fourth-order valence-electron chi connectivity index (χ4n) is 4.86. The zero-order valence-corrected chi connectivity index (χ0v) is 28.9. The molecule has 5 rings (SSSR count). The second-order valence-electron chi connectivity index (χ2n) is 11.2. The van der Waals surface area contributed by atoms with E-state index in [4.69, 9.17) is 32.7 Å². The van der Waals surface area contributed by atoms with Crippen LogP contribution < -0.4 is 14.5 Å². The summed E-state index contributed by atoms with van der Waals surface area (Å²) in [6, 6.07) is 9.70. The number of thioether (sulfide) groups is 1. The van der Waals surface area contributed by atoms with Gasteiger partial charge < -0.3 is 24.6 Å². The van der Waals surface area contributed by atoms with Crippen LogP contribution in [0, 0.1) is 5.92 Å². The summed E-state index contributed by atoms with van der Waals surface area (Å²) in [5.74, 6) is -0.631. The summed E-state index contributed by atoms with van der Waals surface area (Å²) in [7, 11) is -0.995. The van der Waals surface area contributed by atoms with Crippen LogP contribution in [-0.4, -0.2) is 80.0 Å². The molecular formula is C31H33Cl2F2N3O8S2. The number of carbonyl (C=O) groups is 2. The number of aromatic nitrogens is 1. The molecule has 1 saturated heterocycles. The van der Waals surface area contributed by atoms with Crippen molar-refractivity contribution < 1.29 is 51.5 Å². The number of aromatic amines is 1. The Labute approximate surface area is 290 Å². The molecule has 0 radical (unpaired) electrons. The molecule has 17 heteroatoms. The maximum atomic E-state index is 13.8. The molecule has 0 spiro atoms. The lowest BCUT2D eigenvalue weighted by Crippen LogP contribution is -2.40. The highest BCUT2D eigenvalue weighted by atomic mass is 35.5. The average Bonchev–Trinajstić information content (AvgIpc) is 3.72. The minimum atomic E-state index is -4.17. The monoisotopic (exact) mass is 747 g/mol. The molecule has 1 aliphatic heterocycles. The summed E-state index contributed by atoms with van der Waals surface area (Å²) in [6.07, 6.45) is 3.83. The molecule has 0 bridgehead atoms. The Kier molecular flexibility index (Phi) is 12.5. The summed E-state index contributed by atoms with van der Waals surface area (Å²) in [6.45, 7) is -2.75. The zero-order chi connectivity index (χ0) is 33.9. The highest BCUT2D eigenvalue weighted by Gasteiger charge is 2.42. The van der Waals surface area contributed by atoms with Crippen molar-refractivity contribution in [3.63, 3.8) is 0 Å². The Morgan fingerprint density at radius 1 is 1.06 bits per heavy atom. The van der Waals surface area contributed by atoms with E-state index in [1.54, 1.807) is 14.1 Å². The van der Waals surface area contributed by atoms with E-state index >= 15 is 0 Å². The van der Waals surface area contributed by atoms with E-state index in [1.807, 2.05) is 0 Å². The molecule has 1 saturated carbocycles. The van der Waals surface area contributed by atoms with Crippen molar-refractivity contribution in [1.82, 2.24) is 9.21 Å². The van der Waals surface area contributed by atoms with E-state index in [0.29, 0.717) is 35.0 Å². The molecule has 3 aromatic rings. The van der Waals surface area contributed by atoms with Gasteiger partial charge in [-0.1, -0.05) is 29.3 Å². The van der Waals surface area contributed by atoms with Crippen molar-refractivity contribution in [2.75, 3.05) is 33.0 Å². The fourth-order valence-corrected chi connectivity index (χ4v) is 8.44. The van der Waals surface area contributed by atoms with E-state index in [1.165, 1.54) is 59.8 Å². The van der Waals surface area contributed by atoms with Gasteiger partial charge in [-0.15, -0.1) is 11.8 Å². The van der Waals surface area contributed by atoms with E-state index in [0.717, 1.165) is 28.9 Å². The number of alkyl halides is 2. The first kappa shape index (κ1) is 37.6. The number of ether oxygens (including phenoxy) is 3. The lowest BCUT2D eigenvalue weighted by molar-refractivity contribution is -0.377. The molecule has 1 aromatic heterocycles. The standard InChI is InChI=1S/C31H31Cl2F2N3O7S2.H2O/c1-37(2)28(39)19-5-8-21(9-6-19)47(41,42)38-11-12-46-29(38)30(40)44-26(14-22-23(32)15-36-16-24(22)33)20-7-10-25(45-31(34)35)27(13-20)43-17-18-3-4-18;/h5-10,13,15-16,18,26,29,31H,3-4,11-12,14,17H2,1-2H3;1H2/t26-,29?;/m0./s1. The molecule has 2 aromatic carbocycles. The number of benzene rings is 2. The number of rotatable bonds is 13. The van der Waals surface area contributed by atoms with E-state index in [9.17, 15) is 26.8 Å².